The largest absolute Gasteiger partial charge is 0.497 e. The molecule has 0 radical (unpaired) electrons. The molecule has 1 atom stereocenters. The van der Waals surface area contributed by atoms with Crippen molar-refractivity contribution in [2.75, 3.05) is 7.11 Å². The molecule has 84 valence electrons. The van der Waals surface area contributed by atoms with E-state index in [9.17, 15) is 4.21 Å². The molecule has 0 N–H and O–H groups in total. The summed E-state index contributed by atoms with van der Waals surface area (Å²) in [6, 6.07) is 7.02. The highest BCUT2D eigenvalue weighted by atomic mass is 32.2. The summed E-state index contributed by atoms with van der Waals surface area (Å²) in [4.78, 5) is 0. The summed E-state index contributed by atoms with van der Waals surface area (Å²) in [7, 11) is 1.60. The van der Waals surface area contributed by atoms with Gasteiger partial charge in [0.25, 0.3) is 0 Å². The average molecular weight is 228 g/mol. The van der Waals surface area contributed by atoms with E-state index >= 15 is 0 Å². The molecule has 0 aliphatic rings. The number of methoxy groups -OCH3 is 1. The lowest BCUT2D eigenvalue weighted by molar-refractivity contribution is 0.414. The molecule has 15 heavy (non-hydrogen) atoms. The topological polar surface area (TPSA) is 35.5 Å². The minimum atomic E-state index is -1.34. The summed E-state index contributed by atoms with van der Waals surface area (Å²) in [5, 5.41) is 0. The Hall–Kier alpha value is -1.03. The zero-order chi connectivity index (χ0) is 11.5. The first-order valence-corrected chi connectivity index (χ1v) is 5.75. The summed E-state index contributed by atoms with van der Waals surface area (Å²) >= 11 is -1.34. The van der Waals surface area contributed by atoms with Crippen molar-refractivity contribution >= 4 is 11.1 Å². The molecule has 1 rings (SSSR count). The number of ether oxygens (including phenoxy) is 1. The second kappa shape index (κ2) is 4.66. The van der Waals surface area contributed by atoms with Crippen LogP contribution in [0, 0.1) is 0 Å². The summed E-state index contributed by atoms with van der Waals surface area (Å²) in [5.74, 6) is 1.34. The minimum absolute atomic E-state index is 0.375. The molecule has 0 bridgehead atoms. The predicted molar refractivity (Wildman–Crippen MR) is 61.5 cm³/mol. The molecule has 0 aromatic heterocycles. The van der Waals surface area contributed by atoms with Crippen LogP contribution in [0.3, 0.4) is 0 Å². The smallest absolute Gasteiger partial charge is 0.211 e. The Labute approximate surface area is 93.1 Å². The zero-order valence-electron chi connectivity index (χ0n) is 9.44. The number of hydrogen-bond acceptors (Lipinski definition) is 3. The van der Waals surface area contributed by atoms with Gasteiger partial charge in [0.2, 0.25) is 11.1 Å². The van der Waals surface area contributed by atoms with Gasteiger partial charge in [-0.2, -0.15) is 0 Å². The molecule has 0 heterocycles. The lowest BCUT2D eigenvalue weighted by Gasteiger charge is -2.17. The lowest BCUT2D eigenvalue weighted by atomic mass is 10.3. The Morgan fingerprint density at radius 1 is 1.07 bits per heavy atom. The van der Waals surface area contributed by atoms with E-state index in [1.165, 1.54) is 0 Å². The normalized spacial score (nSPS) is 13.3. The van der Waals surface area contributed by atoms with Crippen LogP contribution in [0.5, 0.6) is 11.5 Å². The van der Waals surface area contributed by atoms with Crippen molar-refractivity contribution in [2.45, 2.75) is 25.5 Å². The molecule has 4 heteroatoms. The van der Waals surface area contributed by atoms with Crippen LogP contribution in [0.15, 0.2) is 24.3 Å². The monoisotopic (exact) mass is 228 g/mol. The summed E-state index contributed by atoms with van der Waals surface area (Å²) < 4.78 is 21.6. The molecule has 0 fully saturated rings. The maximum Gasteiger partial charge on any atom is 0.211 e. The molecular formula is C11H16O3S. The molecule has 0 saturated heterocycles. The third kappa shape index (κ3) is 3.55. The van der Waals surface area contributed by atoms with Crippen molar-refractivity contribution in [3.8, 4) is 11.5 Å². The van der Waals surface area contributed by atoms with Crippen LogP contribution in [0.25, 0.3) is 0 Å². The van der Waals surface area contributed by atoms with E-state index in [-0.39, 0.29) is 4.75 Å². The summed E-state index contributed by atoms with van der Waals surface area (Å²) in [6.07, 6.45) is 0. The first-order valence-electron chi connectivity index (χ1n) is 4.68. The average Bonchev–Trinajstić information content (AvgIpc) is 2.17. The van der Waals surface area contributed by atoms with Gasteiger partial charge in [-0.15, -0.1) is 0 Å². The predicted octanol–water partition coefficient (Wildman–Crippen LogP) is 2.54. The second-order valence-electron chi connectivity index (χ2n) is 4.11. The second-order valence-corrected chi connectivity index (χ2v) is 5.97. The van der Waals surface area contributed by atoms with E-state index in [2.05, 4.69) is 0 Å². The van der Waals surface area contributed by atoms with Crippen molar-refractivity contribution in [2.24, 2.45) is 0 Å². The number of benzene rings is 1. The quantitative estimate of drug-likeness (QED) is 0.797. The standard InChI is InChI=1S/C11H16O3S/c1-11(2,3)15(12)14-10-7-5-9(13-4)6-8-10/h5-8H,1-4H3. The van der Waals surface area contributed by atoms with Crippen molar-refractivity contribution in [1.29, 1.82) is 0 Å². The van der Waals surface area contributed by atoms with Crippen LogP contribution in [0.4, 0.5) is 0 Å². The first kappa shape index (κ1) is 12.0. The van der Waals surface area contributed by atoms with Crippen molar-refractivity contribution in [3.05, 3.63) is 24.3 Å². The highest BCUT2D eigenvalue weighted by molar-refractivity contribution is 7.82. The lowest BCUT2D eigenvalue weighted by Crippen LogP contribution is -2.25. The fraction of sp³-hybridized carbons (Fsp3) is 0.455. The van der Waals surface area contributed by atoms with Crippen molar-refractivity contribution in [3.63, 3.8) is 0 Å². The van der Waals surface area contributed by atoms with Crippen molar-refractivity contribution < 1.29 is 13.1 Å². The van der Waals surface area contributed by atoms with Gasteiger partial charge in [-0.05, 0) is 45.0 Å². The molecule has 0 spiro atoms. The van der Waals surface area contributed by atoms with Gasteiger partial charge >= 0.3 is 0 Å². The van der Waals surface area contributed by atoms with E-state index in [0.717, 1.165) is 5.75 Å². The van der Waals surface area contributed by atoms with Crippen LogP contribution >= 0.6 is 0 Å². The molecule has 0 aliphatic carbocycles. The maximum absolute atomic E-state index is 11.6. The molecule has 3 nitrogen and oxygen atoms in total. The van der Waals surface area contributed by atoms with E-state index in [1.54, 1.807) is 31.4 Å². The summed E-state index contributed by atoms with van der Waals surface area (Å²) in [5.41, 5.74) is 0. The molecule has 0 amide bonds. The Morgan fingerprint density at radius 2 is 1.53 bits per heavy atom. The Morgan fingerprint density at radius 3 is 1.93 bits per heavy atom. The van der Waals surface area contributed by atoms with Gasteiger partial charge in [0.1, 0.15) is 11.5 Å². The fourth-order valence-electron chi connectivity index (χ4n) is 0.844. The van der Waals surface area contributed by atoms with Gasteiger partial charge in [0.15, 0.2) is 0 Å². The molecule has 1 unspecified atom stereocenters. The molecular weight excluding hydrogens is 212 g/mol. The molecule has 0 saturated carbocycles. The maximum atomic E-state index is 11.6. The Balaban J connectivity index is 2.70. The third-order valence-corrected chi connectivity index (χ3v) is 3.08. The van der Waals surface area contributed by atoms with Gasteiger partial charge in [-0.3, -0.25) is 0 Å². The van der Waals surface area contributed by atoms with E-state index in [1.807, 2.05) is 20.8 Å². The molecule has 1 aromatic rings. The van der Waals surface area contributed by atoms with Gasteiger partial charge < -0.3 is 8.92 Å². The van der Waals surface area contributed by atoms with Crippen LogP contribution in [-0.4, -0.2) is 16.1 Å². The summed E-state index contributed by atoms with van der Waals surface area (Å²) in [6.45, 7) is 5.60. The van der Waals surface area contributed by atoms with E-state index in [0.29, 0.717) is 5.75 Å². The van der Waals surface area contributed by atoms with E-state index < -0.39 is 11.1 Å². The first-order chi connectivity index (χ1) is 6.93. The molecule has 0 aliphatic heterocycles. The van der Waals surface area contributed by atoms with Crippen LogP contribution in [0.1, 0.15) is 20.8 Å². The van der Waals surface area contributed by atoms with Crippen molar-refractivity contribution in [1.82, 2.24) is 0 Å². The highest BCUT2D eigenvalue weighted by Crippen LogP contribution is 2.21. The Bertz CT molecular complexity index is 338. The highest BCUT2D eigenvalue weighted by Gasteiger charge is 2.21. The van der Waals surface area contributed by atoms with Crippen LogP contribution in [0.2, 0.25) is 0 Å². The van der Waals surface area contributed by atoms with Crippen LogP contribution in [-0.2, 0) is 11.1 Å². The Kier molecular flexibility index (Phi) is 3.74. The van der Waals surface area contributed by atoms with Gasteiger partial charge in [0, 0.05) is 0 Å². The molecule has 1 aromatic carbocycles. The zero-order valence-corrected chi connectivity index (χ0v) is 10.3. The fourth-order valence-corrected chi connectivity index (χ4v) is 1.38. The van der Waals surface area contributed by atoms with Crippen LogP contribution < -0.4 is 8.92 Å². The van der Waals surface area contributed by atoms with E-state index in [4.69, 9.17) is 8.92 Å². The number of rotatable bonds is 3. The van der Waals surface area contributed by atoms with Gasteiger partial charge in [-0.1, -0.05) is 0 Å². The van der Waals surface area contributed by atoms with Gasteiger partial charge in [0.05, 0.1) is 11.9 Å². The number of hydrogen-bond donors (Lipinski definition) is 0. The minimum Gasteiger partial charge on any atom is -0.497 e. The van der Waals surface area contributed by atoms with Gasteiger partial charge in [-0.25, -0.2) is 4.21 Å². The SMILES string of the molecule is COc1ccc(OS(=O)C(C)(C)C)cc1. The third-order valence-electron chi connectivity index (χ3n) is 1.73.